The number of nitrogens with zero attached hydrogens (tertiary/aromatic N) is 6. The Morgan fingerprint density at radius 3 is 2.97 bits per heavy atom. The van der Waals surface area contributed by atoms with E-state index in [1.807, 2.05) is 37.1 Å². The molecule has 0 saturated carbocycles. The molecule has 0 aliphatic carbocycles. The molecule has 0 bridgehead atoms. The summed E-state index contributed by atoms with van der Waals surface area (Å²) in [6, 6.07) is 6.25. The highest BCUT2D eigenvalue weighted by Crippen LogP contribution is 2.37. The average molecular weight is 492 g/mol. The first-order chi connectivity index (χ1) is 17.6. The maximum Gasteiger partial charge on any atom is 0.247 e. The average Bonchev–Trinajstić information content (AvgIpc) is 3.48. The molecule has 190 valence electrons. The van der Waals surface area contributed by atoms with Crippen LogP contribution in [0, 0.1) is 0 Å². The molecule has 36 heavy (non-hydrogen) atoms. The van der Waals surface area contributed by atoms with Crippen molar-refractivity contribution < 1.29 is 14.2 Å². The third kappa shape index (κ3) is 5.50. The molecule has 10 heteroatoms. The summed E-state index contributed by atoms with van der Waals surface area (Å²) in [4.78, 5) is 8.75. The normalized spacial score (nSPS) is 18.2. The molecule has 2 aliphatic heterocycles. The Hall–Kier alpha value is -3.50. The fourth-order valence-corrected chi connectivity index (χ4v) is 4.41. The summed E-state index contributed by atoms with van der Waals surface area (Å²) in [5.74, 6) is 1.26. The lowest BCUT2D eigenvalue weighted by Gasteiger charge is -2.22. The molecular weight excluding hydrogens is 458 g/mol. The molecule has 0 spiro atoms. The van der Waals surface area contributed by atoms with Gasteiger partial charge in [-0.1, -0.05) is 6.07 Å². The van der Waals surface area contributed by atoms with Crippen LogP contribution in [-0.4, -0.2) is 64.0 Å². The summed E-state index contributed by atoms with van der Waals surface area (Å²) in [5, 5.41) is 9.31. The highest BCUT2D eigenvalue weighted by Gasteiger charge is 2.21. The van der Waals surface area contributed by atoms with Crippen LogP contribution < -0.4 is 10.5 Å². The molecule has 1 fully saturated rings. The van der Waals surface area contributed by atoms with Crippen LogP contribution in [0.3, 0.4) is 0 Å². The van der Waals surface area contributed by atoms with Gasteiger partial charge in [0.15, 0.2) is 6.29 Å². The molecule has 2 N–H and O–H groups in total. The van der Waals surface area contributed by atoms with Gasteiger partial charge in [-0.3, -0.25) is 4.68 Å². The summed E-state index contributed by atoms with van der Waals surface area (Å²) in [7, 11) is 0. The Kier molecular flexibility index (Phi) is 7.43. The van der Waals surface area contributed by atoms with Crippen molar-refractivity contribution >= 4 is 12.3 Å². The van der Waals surface area contributed by atoms with E-state index in [0.717, 1.165) is 66.0 Å². The van der Waals surface area contributed by atoms with Crippen LogP contribution in [0.15, 0.2) is 46.8 Å². The number of ether oxygens (including phenoxy) is 3. The SMILES string of the molecule is CC(C)N=C(/N=C\N)n1cc2c(n1)-c1ccc(-c3cnn(CCOC4CCCCO4)c3)cc1OCC2. The van der Waals surface area contributed by atoms with Crippen molar-refractivity contribution in [2.24, 2.45) is 15.7 Å². The highest BCUT2D eigenvalue weighted by atomic mass is 16.7. The molecule has 0 amide bonds. The molecule has 2 aromatic heterocycles. The fraction of sp³-hybridized carbons (Fsp3) is 0.462. The van der Waals surface area contributed by atoms with Gasteiger partial charge in [-0.15, -0.1) is 0 Å². The maximum absolute atomic E-state index is 6.11. The van der Waals surface area contributed by atoms with E-state index in [1.54, 1.807) is 4.68 Å². The second kappa shape index (κ2) is 11.0. The number of benzene rings is 1. The second-order valence-electron chi connectivity index (χ2n) is 9.22. The molecule has 0 radical (unpaired) electrons. The topological polar surface area (TPSA) is 114 Å². The quantitative estimate of drug-likeness (QED) is 0.417. The van der Waals surface area contributed by atoms with Crippen LogP contribution in [-0.2, 0) is 22.4 Å². The van der Waals surface area contributed by atoms with Crippen molar-refractivity contribution in [2.45, 2.75) is 58.4 Å². The first kappa shape index (κ1) is 24.2. The monoisotopic (exact) mass is 491 g/mol. The lowest BCUT2D eigenvalue weighted by Crippen LogP contribution is -2.24. The van der Waals surface area contributed by atoms with E-state index in [4.69, 9.17) is 25.0 Å². The predicted molar refractivity (Wildman–Crippen MR) is 138 cm³/mol. The number of hydrogen-bond donors (Lipinski definition) is 1. The third-order valence-electron chi connectivity index (χ3n) is 6.15. The van der Waals surface area contributed by atoms with Crippen molar-refractivity contribution in [2.75, 3.05) is 19.8 Å². The third-order valence-corrected chi connectivity index (χ3v) is 6.15. The maximum atomic E-state index is 6.11. The predicted octanol–water partition coefficient (Wildman–Crippen LogP) is 3.49. The van der Waals surface area contributed by atoms with Crippen molar-refractivity contribution in [3.8, 4) is 28.1 Å². The molecule has 1 atom stereocenters. The van der Waals surface area contributed by atoms with E-state index in [-0.39, 0.29) is 12.3 Å². The lowest BCUT2D eigenvalue weighted by molar-refractivity contribution is -0.163. The van der Waals surface area contributed by atoms with E-state index in [0.29, 0.717) is 25.7 Å². The van der Waals surface area contributed by atoms with Crippen molar-refractivity contribution in [1.82, 2.24) is 19.6 Å². The zero-order chi connectivity index (χ0) is 24.9. The lowest BCUT2D eigenvalue weighted by atomic mass is 10.0. The second-order valence-corrected chi connectivity index (χ2v) is 9.22. The van der Waals surface area contributed by atoms with Gasteiger partial charge < -0.3 is 19.9 Å². The fourth-order valence-electron chi connectivity index (χ4n) is 4.41. The number of hydrogen-bond acceptors (Lipinski definition) is 6. The van der Waals surface area contributed by atoms with E-state index >= 15 is 0 Å². The molecule has 10 nitrogen and oxygen atoms in total. The van der Waals surface area contributed by atoms with Crippen molar-refractivity contribution in [3.05, 3.63) is 42.4 Å². The Balaban J connectivity index is 1.33. The van der Waals surface area contributed by atoms with Gasteiger partial charge in [-0.05, 0) is 50.8 Å². The minimum Gasteiger partial charge on any atom is -0.493 e. The van der Waals surface area contributed by atoms with Crippen LogP contribution in [0.25, 0.3) is 22.4 Å². The number of nitrogens with two attached hydrogens (primary N) is 1. The van der Waals surface area contributed by atoms with Gasteiger partial charge >= 0.3 is 0 Å². The zero-order valence-electron chi connectivity index (χ0n) is 20.8. The number of fused-ring (bicyclic) bond motifs is 3. The van der Waals surface area contributed by atoms with Crippen LogP contribution in [0.1, 0.15) is 38.7 Å². The molecule has 3 aromatic rings. The molecule has 4 heterocycles. The van der Waals surface area contributed by atoms with Crippen LogP contribution in [0.5, 0.6) is 5.75 Å². The number of aromatic nitrogens is 4. The minimum absolute atomic E-state index is 0.0685. The first-order valence-corrected chi connectivity index (χ1v) is 12.5. The van der Waals surface area contributed by atoms with Gasteiger partial charge in [0, 0.05) is 48.2 Å². The summed E-state index contributed by atoms with van der Waals surface area (Å²) in [6.45, 7) is 6.57. The van der Waals surface area contributed by atoms with E-state index in [1.165, 1.54) is 6.34 Å². The number of aliphatic imine (C=N–C) groups is 2. The largest absolute Gasteiger partial charge is 0.493 e. The summed E-state index contributed by atoms with van der Waals surface area (Å²) < 4.78 is 21.2. The van der Waals surface area contributed by atoms with Crippen LogP contribution in [0.4, 0.5) is 0 Å². The Morgan fingerprint density at radius 2 is 2.17 bits per heavy atom. The summed E-state index contributed by atoms with van der Waals surface area (Å²) in [5.41, 5.74) is 10.5. The number of rotatable bonds is 6. The van der Waals surface area contributed by atoms with E-state index in [2.05, 4.69) is 33.3 Å². The van der Waals surface area contributed by atoms with Gasteiger partial charge in [-0.2, -0.15) is 10.2 Å². The zero-order valence-corrected chi connectivity index (χ0v) is 20.8. The van der Waals surface area contributed by atoms with Crippen molar-refractivity contribution in [3.63, 3.8) is 0 Å². The molecule has 1 saturated heterocycles. The molecule has 1 aromatic carbocycles. The van der Waals surface area contributed by atoms with Crippen molar-refractivity contribution in [1.29, 1.82) is 0 Å². The van der Waals surface area contributed by atoms with E-state index < -0.39 is 0 Å². The summed E-state index contributed by atoms with van der Waals surface area (Å²) in [6.07, 6.45) is 11.0. The van der Waals surface area contributed by atoms with Gasteiger partial charge in [-0.25, -0.2) is 14.7 Å². The van der Waals surface area contributed by atoms with E-state index in [9.17, 15) is 0 Å². The molecule has 1 unspecified atom stereocenters. The molecule has 2 aliphatic rings. The highest BCUT2D eigenvalue weighted by molar-refractivity contribution is 5.89. The molecule has 5 rings (SSSR count). The summed E-state index contributed by atoms with van der Waals surface area (Å²) >= 11 is 0. The van der Waals surface area contributed by atoms with Gasteiger partial charge in [0.05, 0.1) is 38.0 Å². The van der Waals surface area contributed by atoms with Crippen LogP contribution >= 0.6 is 0 Å². The van der Waals surface area contributed by atoms with Gasteiger partial charge in [0.2, 0.25) is 5.96 Å². The van der Waals surface area contributed by atoms with Crippen LogP contribution in [0.2, 0.25) is 0 Å². The van der Waals surface area contributed by atoms with Gasteiger partial charge in [0.1, 0.15) is 5.75 Å². The first-order valence-electron chi connectivity index (χ1n) is 12.5. The van der Waals surface area contributed by atoms with Gasteiger partial charge in [0.25, 0.3) is 0 Å². The Bertz CT molecular complexity index is 1240. The minimum atomic E-state index is -0.0845. The Labute approximate surface area is 210 Å². The molecular formula is C26H33N7O3. The smallest absolute Gasteiger partial charge is 0.247 e. The Morgan fingerprint density at radius 1 is 1.25 bits per heavy atom. The standard InChI is InChI=1S/C26H33N7O3/c1-18(2)30-26(28-17-27)33-16-20-8-11-34-23-13-19(6-7-22(23)25(20)31-33)21-14-29-32(15-21)9-12-36-24-5-3-4-10-35-24/h6-7,13-18,24H,3-5,8-12H2,1-2H3,(H2,27,28,30).